The van der Waals surface area contributed by atoms with Crippen molar-refractivity contribution in [3.05, 3.63) is 17.2 Å². The standard InChI is InChI=1S/C26H37NO4Si/c1-25(2,3)32(4,5)31-21-13-20(29)16-12-18-17-8-9-19(28)24-26(17,22(16)23(21)30-24)10-11-27(18)14-15-6-7-15/h13,15,17-18,24,29H,6-12,14H2,1-5H3/t17-,18+,24-,26-/m0/s1. The Morgan fingerprint density at radius 2 is 2.03 bits per heavy atom. The summed E-state index contributed by atoms with van der Waals surface area (Å²) in [6.45, 7) is 13.3. The van der Waals surface area contributed by atoms with E-state index in [0.29, 0.717) is 29.9 Å². The van der Waals surface area contributed by atoms with Crippen LogP contribution in [-0.4, -0.2) is 49.3 Å². The molecule has 3 fully saturated rings. The maximum Gasteiger partial charge on any atom is 0.250 e. The van der Waals surface area contributed by atoms with Crippen molar-refractivity contribution in [2.24, 2.45) is 11.8 Å². The molecule has 0 aromatic heterocycles. The Kier molecular flexibility index (Phi) is 4.29. The fourth-order valence-corrected chi connectivity index (χ4v) is 7.83. The molecule has 3 aliphatic carbocycles. The molecule has 1 N–H and O–H groups in total. The molecule has 1 aromatic carbocycles. The number of nitrogens with zero attached hydrogens (tertiary/aromatic N) is 1. The SMILES string of the molecule is CC(C)(C)[Si](C)(C)Oc1cc(O)c2c3c1O[C@H]1C(=O)CC[C@H]4[C@@H](C2)N(CC2CC2)CC[C@]314. The molecule has 2 heterocycles. The van der Waals surface area contributed by atoms with Crippen LogP contribution in [0.4, 0.5) is 0 Å². The number of carbonyl (C=O) groups excluding carboxylic acids is 1. The smallest absolute Gasteiger partial charge is 0.250 e. The van der Waals surface area contributed by atoms with Crippen molar-refractivity contribution in [3.8, 4) is 17.2 Å². The molecule has 6 heteroatoms. The van der Waals surface area contributed by atoms with Gasteiger partial charge in [0.1, 0.15) is 5.75 Å². The van der Waals surface area contributed by atoms with E-state index < -0.39 is 14.4 Å². The molecular weight excluding hydrogens is 418 g/mol. The van der Waals surface area contributed by atoms with Gasteiger partial charge in [0.2, 0.25) is 0 Å². The maximum absolute atomic E-state index is 13.2. The highest BCUT2D eigenvalue weighted by Crippen LogP contribution is 2.65. The minimum atomic E-state index is -2.13. The predicted octanol–water partition coefficient (Wildman–Crippen LogP) is 4.79. The molecule has 2 bridgehead atoms. The van der Waals surface area contributed by atoms with Gasteiger partial charge in [-0.1, -0.05) is 20.8 Å². The van der Waals surface area contributed by atoms with Gasteiger partial charge >= 0.3 is 0 Å². The number of likely N-dealkylation sites (tertiary alicyclic amines) is 1. The number of hydrogen-bond donors (Lipinski definition) is 1. The minimum Gasteiger partial charge on any atom is -0.541 e. The molecule has 32 heavy (non-hydrogen) atoms. The van der Waals surface area contributed by atoms with E-state index in [-0.39, 0.29) is 16.2 Å². The summed E-state index contributed by atoms with van der Waals surface area (Å²) >= 11 is 0. The quantitative estimate of drug-likeness (QED) is 0.661. The molecule has 4 atom stereocenters. The van der Waals surface area contributed by atoms with Gasteiger partial charge in [0.25, 0.3) is 8.32 Å². The number of aromatic hydroxyl groups is 1. The number of ketones is 1. The van der Waals surface area contributed by atoms with Gasteiger partial charge in [-0.3, -0.25) is 9.69 Å². The maximum atomic E-state index is 13.2. The van der Waals surface area contributed by atoms with Gasteiger partial charge in [0, 0.05) is 41.6 Å². The van der Waals surface area contributed by atoms with Crippen LogP contribution >= 0.6 is 0 Å². The molecule has 0 amide bonds. The van der Waals surface area contributed by atoms with Gasteiger partial charge in [0.05, 0.1) is 0 Å². The molecule has 174 valence electrons. The molecular formula is C26H37NO4Si. The Bertz CT molecular complexity index is 995. The zero-order valence-corrected chi connectivity index (χ0v) is 21.2. The monoisotopic (exact) mass is 455 g/mol. The number of ether oxygens (including phenoxy) is 1. The molecule has 2 saturated carbocycles. The fourth-order valence-electron chi connectivity index (χ4n) is 6.82. The van der Waals surface area contributed by atoms with Crippen LogP contribution in [0.2, 0.25) is 18.1 Å². The summed E-state index contributed by atoms with van der Waals surface area (Å²) < 4.78 is 13.3. The molecule has 2 aliphatic heterocycles. The number of piperidine rings is 1. The molecule has 6 rings (SSSR count). The zero-order chi connectivity index (χ0) is 22.6. The van der Waals surface area contributed by atoms with E-state index in [1.165, 1.54) is 19.4 Å². The highest BCUT2D eigenvalue weighted by Gasteiger charge is 2.66. The van der Waals surface area contributed by atoms with Crippen LogP contribution in [0.1, 0.15) is 64.0 Å². The van der Waals surface area contributed by atoms with Crippen molar-refractivity contribution >= 4 is 14.1 Å². The first kappa shape index (κ1) is 21.0. The summed E-state index contributed by atoms with van der Waals surface area (Å²) in [4.78, 5) is 15.9. The van der Waals surface area contributed by atoms with Gasteiger partial charge in [0.15, 0.2) is 23.4 Å². The first-order valence-corrected chi connectivity index (χ1v) is 15.5. The van der Waals surface area contributed by atoms with Crippen molar-refractivity contribution in [2.45, 2.75) is 95.0 Å². The lowest BCUT2D eigenvalue weighted by Crippen LogP contribution is -2.66. The first-order valence-electron chi connectivity index (χ1n) is 12.5. The van der Waals surface area contributed by atoms with Gasteiger partial charge in [-0.15, -0.1) is 0 Å². The second-order valence-electron chi connectivity index (χ2n) is 12.5. The zero-order valence-electron chi connectivity index (χ0n) is 20.2. The van der Waals surface area contributed by atoms with Crippen molar-refractivity contribution < 1.29 is 19.1 Å². The van der Waals surface area contributed by atoms with Crippen LogP contribution in [0.25, 0.3) is 0 Å². The van der Waals surface area contributed by atoms with Gasteiger partial charge < -0.3 is 14.3 Å². The second kappa shape index (κ2) is 6.53. The number of rotatable bonds is 4. The lowest BCUT2D eigenvalue weighted by Gasteiger charge is -2.57. The number of Topliss-reactive ketones (excluding diaryl/α,β-unsaturated/α-hetero) is 1. The lowest BCUT2D eigenvalue weighted by molar-refractivity contribution is -0.138. The van der Waals surface area contributed by atoms with E-state index in [0.717, 1.165) is 48.6 Å². The molecule has 0 unspecified atom stereocenters. The number of phenols is 1. The summed E-state index contributed by atoms with van der Waals surface area (Å²) in [5, 5.41) is 11.3. The second-order valence-corrected chi connectivity index (χ2v) is 17.3. The largest absolute Gasteiger partial charge is 0.541 e. The molecule has 0 radical (unpaired) electrons. The number of benzene rings is 1. The molecule has 5 aliphatic rings. The fraction of sp³-hybridized carbons (Fsp3) is 0.731. The van der Waals surface area contributed by atoms with E-state index in [1.807, 2.05) is 0 Å². The van der Waals surface area contributed by atoms with Crippen LogP contribution in [0.15, 0.2) is 6.07 Å². The van der Waals surface area contributed by atoms with Crippen LogP contribution < -0.4 is 9.16 Å². The van der Waals surface area contributed by atoms with Crippen LogP contribution in [0.5, 0.6) is 17.2 Å². The molecule has 5 nitrogen and oxygen atoms in total. The third kappa shape index (κ3) is 2.74. The predicted molar refractivity (Wildman–Crippen MR) is 126 cm³/mol. The van der Waals surface area contributed by atoms with E-state index in [9.17, 15) is 9.90 Å². The van der Waals surface area contributed by atoms with Crippen molar-refractivity contribution in [3.63, 3.8) is 0 Å². The molecule has 1 aromatic rings. The molecule has 1 saturated heterocycles. The number of hydrogen-bond acceptors (Lipinski definition) is 5. The summed E-state index contributed by atoms with van der Waals surface area (Å²) in [7, 11) is -2.13. The Labute approximate surface area is 192 Å². The Morgan fingerprint density at radius 1 is 1.28 bits per heavy atom. The van der Waals surface area contributed by atoms with Gasteiger partial charge in [-0.05, 0) is 68.6 Å². The summed E-state index contributed by atoms with van der Waals surface area (Å²) in [5.41, 5.74) is 1.85. The van der Waals surface area contributed by atoms with Crippen molar-refractivity contribution in [1.29, 1.82) is 0 Å². The van der Waals surface area contributed by atoms with E-state index in [1.54, 1.807) is 6.07 Å². The van der Waals surface area contributed by atoms with Crippen LogP contribution in [-0.2, 0) is 16.6 Å². The average Bonchev–Trinajstić information content (AvgIpc) is 3.44. The highest BCUT2D eigenvalue weighted by atomic mass is 28.4. The van der Waals surface area contributed by atoms with Gasteiger partial charge in [-0.2, -0.15) is 0 Å². The molecule has 1 spiro atoms. The first-order chi connectivity index (χ1) is 15.0. The van der Waals surface area contributed by atoms with Crippen molar-refractivity contribution in [2.75, 3.05) is 13.1 Å². The number of carbonyl (C=O) groups is 1. The van der Waals surface area contributed by atoms with Gasteiger partial charge in [-0.25, -0.2) is 0 Å². The third-order valence-corrected chi connectivity index (χ3v) is 14.0. The van der Waals surface area contributed by atoms with E-state index in [4.69, 9.17) is 9.16 Å². The summed E-state index contributed by atoms with van der Waals surface area (Å²) in [6, 6.07) is 2.19. The van der Waals surface area contributed by atoms with Crippen LogP contribution in [0.3, 0.4) is 0 Å². The van der Waals surface area contributed by atoms with Crippen molar-refractivity contribution in [1.82, 2.24) is 4.90 Å². The third-order valence-electron chi connectivity index (χ3n) is 9.67. The normalized spacial score (nSPS) is 33.7. The summed E-state index contributed by atoms with van der Waals surface area (Å²) in [6.07, 6.45) is 5.64. The Hall–Kier alpha value is -1.53. The Balaban J connectivity index is 1.49. The highest BCUT2D eigenvalue weighted by molar-refractivity contribution is 6.74. The van der Waals surface area contributed by atoms with E-state index in [2.05, 4.69) is 38.8 Å². The lowest BCUT2D eigenvalue weighted by atomic mass is 9.51. The van der Waals surface area contributed by atoms with E-state index >= 15 is 0 Å². The number of phenolic OH excluding ortho intramolecular Hbond substituents is 1. The Morgan fingerprint density at radius 3 is 2.72 bits per heavy atom. The minimum absolute atomic E-state index is 0.0342. The average molecular weight is 456 g/mol. The summed E-state index contributed by atoms with van der Waals surface area (Å²) in [5.74, 6) is 3.25. The van der Waals surface area contributed by atoms with Crippen LogP contribution in [0, 0.1) is 11.8 Å². The topological polar surface area (TPSA) is 59.0 Å².